The van der Waals surface area contributed by atoms with Crippen molar-refractivity contribution >= 4 is 23.5 Å². The lowest BCUT2D eigenvalue weighted by atomic mass is 10.1. The summed E-state index contributed by atoms with van der Waals surface area (Å²) < 4.78 is 7.18. The summed E-state index contributed by atoms with van der Waals surface area (Å²) in [6.07, 6.45) is 3.71. The van der Waals surface area contributed by atoms with Gasteiger partial charge in [0.05, 0.1) is 24.7 Å². The number of rotatable bonds is 9. The smallest absolute Gasteiger partial charge is 0.232 e. The Labute approximate surface area is 180 Å². The first-order valence-corrected chi connectivity index (χ1v) is 10.7. The average Bonchev–Trinajstić information content (AvgIpc) is 3.22. The minimum absolute atomic E-state index is 0.00996. The van der Waals surface area contributed by atoms with Crippen LogP contribution in [0.25, 0.3) is 5.69 Å². The van der Waals surface area contributed by atoms with Crippen LogP contribution in [-0.4, -0.2) is 46.3 Å². The van der Waals surface area contributed by atoms with E-state index in [1.807, 2.05) is 42.6 Å². The Kier molecular flexibility index (Phi) is 7.30. The zero-order valence-corrected chi connectivity index (χ0v) is 18.2. The summed E-state index contributed by atoms with van der Waals surface area (Å²) in [5, 5.41) is 4.37. The number of amides is 1. The van der Waals surface area contributed by atoms with Crippen LogP contribution in [0.2, 0.25) is 0 Å². The molecule has 0 saturated heterocycles. The standard InChI is InChI=1S/C23H25N3O3S/c1-17(27)19-9-10-22(29-3)20(11-19)15-30-16-23(28)25(2)13-18-12-24-26(14-18)21-7-5-4-6-8-21/h4-12,14H,13,15-16H2,1-3H3. The van der Waals surface area contributed by atoms with Crippen LogP contribution in [0.4, 0.5) is 0 Å². The van der Waals surface area contributed by atoms with Gasteiger partial charge >= 0.3 is 0 Å². The van der Waals surface area contributed by atoms with Crippen molar-refractivity contribution < 1.29 is 14.3 Å². The van der Waals surface area contributed by atoms with Gasteiger partial charge in [0.25, 0.3) is 0 Å². The Morgan fingerprint density at radius 1 is 1.17 bits per heavy atom. The molecule has 0 unspecified atom stereocenters. The summed E-state index contributed by atoms with van der Waals surface area (Å²) >= 11 is 1.50. The summed E-state index contributed by atoms with van der Waals surface area (Å²) in [6, 6.07) is 15.2. The molecule has 0 aliphatic carbocycles. The van der Waals surface area contributed by atoms with Crippen LogP contribution >= 0.6 is 11.8 Å². The topological polar surface area (TPSA) is 64.4 Å². The van der Waals surface area contributed by atoms with Crippen LogP contribution in [0, 0.1) is 0 Å². The van der Waals surface area contributed by atoms with Gasteiger partial charge in [-0.3, -0.25) is 9.59 Å². The minimum Gasteiger partial charge on any atom is -0.496 e. The van der Waals surface area contributed by atoms with Crippen molar-refractivity contribution in [2.45, 2.75) is 19.2 Å². The number of benzene rings is 2. The number of hydrogen-bond donors (Lipinski definition) is 0. The lowest BCUT2D eigenvalue weighted by Crippen LogP contribution is -2.27. The molecule has 6 nitrogen and oxygen atoms in total. The number of hydrogen-bond acceptors (Lipinski definition) is 5. The molecule has 7 heteroatoms. The molecular weight excluding hydrogens is 398 g/mol. The van der Waals surface area contributed by atoms with Crippen LogP contribution in [-0.2, 0) is 17.1 Å². The third kappa shape index (κ3) is 5.51. The summed E-state index contributed by atoms with van der Waals surface area (Å²) in [5.41, 5.74) is 3.51. The van der Waals surface area contributed by atoms with Crippen molar-refractivity contribution in [3.8, 4) is 11.4 Å². The molecule has 0 atom stereocenters. The molecule has 3 rings (SSSR count). The quantitative estimate of drug-likeness (QED) is 0.487. The van der Waals surface area contributed by atoms with Crippen molar-refractivity contribution in [1.29, 1.82) is 0 Å². The summed E-state index contributed by atoms with van der Waals surface area (Å²) in [7, 11) is 3.39. The number of ketones is 1. The van der Waals surface area contributed by atoms with Gasteiger partial charge in [0.15, 0.2) is 5.78 Å². The van der Waals surface area contributed by atoms with Crippen LogP contribution in [0.15, 0.2) is 60.9 Å². The molecule has 0 fully saturated rings. The first kappa shape index (κ1) is 21.6. The van der Waals surface area contributed by atoms with Crippen LogP contribution < -0.4 is 4.74 Å². The van der Waals surface area contributed by atoms with Crippen LogP contribution in [0.1, 0.15) is 28.4 Å². The lowest BCUT2D eigenvalue weighted by Gasteiger charge is -2.16. The number of aromatic nitrogens is 2. The molecule has 0 spiro atoms. The number of para-hydroxylation sites is 1. The fraction of sp³-hybridized carbons (Fsp3) is 0.261. The van der Waals surface area contributed by atoms with Crippen molar-refractivity contribution in [2.24, 2.45) is 0 Å². The molecule has 1 heterocycles. The van der Waals surface area contributed by atoms with Crippen molar-refractivity contribution in [2.75, 3.05) is 19.9 Å². The van der Waals surface area contributed by atoms with E-state index in [1.165, 1.54) is 18.7 Å². The van der Waals surface area contributed by atoms with Crippen LogP contribution in [0.5, 0.6) is 5.75 Å². The number of carbonyl (C=O) groups excluding carboxylic acids is 2. The monoisotopic (exact) mass is 423 g/mol. The molecule has 0 bridgehead atoms. The fourth-order valence-corrected chi connectivity index (χ4v) is 3.94. The van der Waals surface area contributed by atoms with Gasteiger partial charge in [0, 0.05) is 42.2 Å². The molecular formula is C23H25N3O3S. The molecule has 0 aliphatic rings. The summed E-state index contributed by atoms with van der Waals surface area (Å²) in [5.74, 6) is 1.71. The predicted octanol–water partition coefficient (Wildman–Crippen LogP) is 3.98. The van der Waals surface area contributed by atoms with Gasteiger partial charge in [-0.1, -0.05) is 18.2 Å². The van der Waals surface area contributed by atoms with E-state index >= 15 is 0 Å². The molecule has 156 valence electrons. The van der Waals surface area contributed by atoms with E-state index in [9.17, 15) is 9.59 Å². The molecule has 30 heavy (non-hydrogen) atoms. The van der Waals surface area contributed by atoms with E-state index in [4.69, 9.17) is 4.74 Å². The van der Waals surface area contributed by atoms with Gasteiger partial charge < -0.3 is 9.64 Å². The van der Waals surface area contributed by atoms with E-state index in [0.29, 0.717) is 23.6 Å². The van der Waals surface area contributed by atoms with E-state index in [1.54, 1.807) is 42.1 Å². The molecule has 0 radical (unpaired) electrons. The Morgan fingerprint density at radius 2 is 1.93 bits per heavy atom. The van der Waals surface area contributed by atoms with E-state index < -0.39 is 0 Å². The molecule has 3 aromatic rings. The second kappa shape index (κ2) is 10.1. The van der Waals surface area contributed by atoms with Crippen molar-refractivity contribution in [1.82, 2.24) is 14.7 Å². The van der Waals surface area contributed by atoms with E-state index in [2.05, 4.69) is 5.10 Å². The number of ether oxygens (including phenoxy) is 1. The van der Waals surface area contributed by atoms with Gasteiger partial charge in [-0.2, -0.15) is 5.10 Å². The van der Waals surface area contributed by atoms with Crippen molar-refractivity contribution in [3.63, 3.8) is 0 Å². The van der Waals surface area contributed by atoms with Crippen LogP contribution in [0.3, 0.4) is 0 Å². The van der Waals surface area contributed by atoms with Gasteiger partial charge in [-0.05, 0) is 37.3 Å². The van der Waals surface area contributed by atoms with Gasteiger partial charge in [0.1, 0.15) is 5.75 Å². The van der Waals surface area contributed by atoms with Gasteiger partial charge in [0.2, 0.25) is 5.91 Å². The largest absolute Gasteiger partial charge is 0.496 e. The fourth-order valence-electron chi connectivity index (χ4n) is 2.99. The Bertz CT molecular complexity index is 1020. The predicted molar refractivity (Wildman–Crippen MR) is 119 cm³/mol. The Hall–Kier alpha value is -3.06. The SMILES string of the molecule is COc1ccc(C(C)=O)cc1CSCC(=O)N(C)Cc1cnn(-c2ccccc2)c1. The second-order valence-electron chi connectivity index (χ2n) is 6.95. The third-order valence-corrected chi connectivity index (χ3v) is 5.64. The van der Waals surface area contributed by atoms with Crippen molar-refractivity contribution in [3.05, 3.63) is 77.6 Å². The summed E-state index contributed by atoms with van der Waals surface area (Å²) in [6.45, 7) is 2.03. The highest BCUT2D eigenvalue weighted by molar-refractivity contribution is 7.99. The molecule has 0 N–H and O–H groups in total. The molecule has 2 aromatic carbocycles. The Balaban J connectivity index is 1.54. The normalized spacial score (nSPS) is 10.6. The highest BCUT2D eigenvalue weighted by atomic mass is 32.2. The number of methoxy groups -OCH3 is 1. The highest BCUT2D eigenvalue weighted by Gasteiger charge is 2.13. The number of thioether (sulfide) groups is 1. The zero-order chi connectivity index (χ0) is 21.5. The minimum atomic E-state index is 0.00996. The van der Waals surface area contributed by atoms with E-state index in [0.717, 1.165) is 22.6 Å². The molecule has 1 amide bonds. The lowest BCUT2D eigenvalue weighted by molar-refractivity contribution is -0.127. The summed E-state index contributed by atoms with van der Waals surface area (Å²) in [4.78, 5) is 25.9. The maximum absolute atomic E-state index is 12.5. The first-order valence-electron chi connectivity index (χ1n) is 9.56. The zero-order valence-electron chi connectivity index (χ0n) is 17.4. The second-order valence-corrected chi connectivity index (χ2v) is 7.94. The molecule has 0 saturated carbocycles. The number of nitrogens with zero attached hydrogens (tertiary/aromatic N) is 3. The number of carbonyl (C=O) groups is 2. The average molecular weight is 424 g/mol. The number of Topliss-reactive ketones (excluding diaryl/α,β-unsaturated/α-hetero) is 1. The maximum atomic E-state index is 12.5. The highest BCUT2D eigenvalue weighted by Crippen LogP contribution is 2.25. The molecule has 0 aliphatic heterocycles. The molecule has 1 aromatic heterocycles. The first-order chi connectivity index (χ1) is 14.5. The third-order valence-electron chi connectivity index (χ3n) is 4.67. The van der Waals surface area contributed by atoms with E-state index in [-0.39, 0.29) is 11.7 Å². The van der Waals surface area contributed by atoms with Gasteiger partial charge in [-0.15, -0.1) is 11.8 Å². The maximum Gasteiger partial charge on any atom is 0.232 e. The van der Waals surface area contributed by atoms with Gasteiger partial charge in [-0.25, -0.2) is 4.68 Å². The Morgan fingerprint density at radius 3 is 2.63 bits per heavy atom.